The van der Waals surface area contributed by atoms with Crippen LogP contribution in [0.1, 0.15) is 19.9 Å². The van der Waals surface area contributed by atoms with E-state index < -0.39 is 0 Å². The Morgan fingerprint density at radius 2 is 2.33 bits per heavy atom. The lowest BCUT2D eigenvalue weighted by Crippen LogP contribution is -2.02. The first-order valence-electron chi connectivity index (χ1n) is 2.80. The molecule has 0 unspecified atom stereocenters. The molecule has 0 aromatic carbocycles. The Morgan fingerprint density at radius 3 is 2.56 bits per heavy atom. The first-order chi connectivity index (χ1) is 4.22. The van der Waals surface area contributed by atoms with E-state index in [0.29, 0.717) is 11.2 Å². The summed E-state index contributed by atoms with van der Waals surface area (Å²) in [7, 11) is 0. The molecule has 9 heavy (non-hydrogen) atoms. The molecule has 0 amide bonds. The summed E-state index contributed by atoms with van der Waals surface area (Å²) in [4.78, 5) is 3.85. The molecule has 0 fully saturated rings. The maximum atomic E-state index is 4.08. The molecule has 0 bridgehead atoms. The van der Waals surface area contributed by atoms with Crippen LogP contribution in [-0.2, 0) is 0 Å². The van der Waals surface area contributed by atoms with Crippen molar-refractivity contribution in [3.05, 3.63) is 6.33 Å². The van der Waals surface area contributed by atoms with Crippen LogP contribution in [0.25, 0.3) is 0 Å². The van der Waals surface area contributed by atoms with Gasteiger partial charge in [-0.3, -0.25) is 0 Å². The van der Waals surface area contributed by atoms with Crippen molar-refractivity contribution in [1.29, 1.82) is 0 Å². The third-order valence-electron chi connectivity index (χ3n) is 1.04. The average Bonchev–Trinajstić information content (AvgIpc) is 2.13. The Kier molecular flexibility index (Phi) is 1.75. The molecular weight excluding hydrogens is 134 g/mol. The molecule has 1 heterocycles. The molecule has 0 saturated carbocycles. The van der Waals surface area contributed by atoms with Gasteiger partial charge in [-0.2, -0.15) is 5.10 Å². The first kappa shape index (κ1) is 6.61. The number of thiol groups is 1. The van der Waals surface area contributed by atoms with Crippen LogP contribution in [0.4, 0.5) is 0 Å². The molecule has 1 aromatic rings. The minimum absolute atomic E-state index is 0.347. The Balaban J connectivity index is 2.94. The number of nitrogens with zero attached hydrogens (tertiary/aromatic N) is 3. The molecule has 3 nitrogen and oxygen atoms in total. The second-order valence-electron chi connectivity index (χ2n) is 2.10. The van der Waals surface area contributed by atoms with E-state index in [4.69, 9.17) is 0 Å². The van der Waals surface area contributed by atoms with E-state index in [0.717, 1.165) is 0 Å². The van der Waals surface area contributed by atoms with Gasteiger partial charge in [-0.05, 0) is 13.8 Å². The van der Waals surface area contributed by atoms with Crippen LogP contribution in [0.15, 0.2) is 11.5 Å². The van der Waals surface area contributed by atoms with E-state index in [9.17, 15) is 0 Å². The van der Waals surface area contributed by atoms with Crippen molar-refractivity contribution in [3.8, 4) is 0 Å². The van der Waals surface area contributed by atoms with Crippen LogP contribution in [0, 0.1) is 0 Å². The molecule has 0 atom stereocenters. The van der Waals surface area contributed by atoms with E-state index in [1.807, 2.05) is 13.8 Å². The summed E-state index contributed by atoms with van der Waals surface area (Å²) in [5.41, 5.74) is 0. The van der Waals surface area contributed by atoms with Gasteiger partial charge in [0.2, 0.25) is 0 Å². The molecule has 0 aliphatic rings. The maximum absolute atomic E-state index is 4.08. The zero-order chi connectivity index (χ0) is 6.85. The van der Waals surface area contributed by atoms with Gasteiger partial charge < -0.3 is 0 Å². The van der Waals surface area contributed by atoms with E-state index in [-0.39, 0.29) is 0 Å². The number of hydrogen-bond acceptors (Lipinski definition) is 3. The van der Waals surface area contributed by atoms with Gasteiger partial charge in [0.25, 0.3) is 0 Å². The van der Waals surface area contributed by atoms with E-state index >= 15 is 0 Å². The number of hydrogen-bond donors (Lipinski definition) is 1. The highest BCUT2D eigenvalue weighted by Gasteiger charge is 2.00. The Hall–Kier alpha value is -0.510. The molecular formula is C5H9N3S. The van der Waals surface area contributed by atoms with Crippen molar-refractivity contribution in [2.45, 2.75) is 25.0 Å². The van der Waals surface area contributed by atoms with Crippen LogP contribution < -0.4 is 0 Å². The molecule has 0 N–H and O–H groups in total. The van der Waals surface area contributed by atoms with Gasteiger partial charge in [0.15, 0.2) is 5.16 Å². The fraction of sp³-hybridized carbons (Fsp3) is 0.600. The smallest absolute Gasteiger partial charge is 0.183 e. The van der Waals surface area contributed by atoms with E-state index in [1.165, 1.54) is 6.33 Å². The molecule has 0 spiro atoms. The van der Waals surface area contributed by atoms with Crippen LogP contribution >= 0.6 is 12.6 Å². The highest BCUT2D eigenvalue weighted by Crippen LogP contribution is 2.06. The Morgan fingerprint density at radius 1 is 1.67 bits per heavy atom. The number of aromatic nitrogens is 3. The summed E-state index contributed by atoms with van der Waals surface area (Å²) in [6.45, 7) is 4.07. The zero-order valence-electron chi connectivity index (χ0n) is 5.44. The summed E-state index contributed by atoms with van der Waals surface area (Å²) in [6, 6.07) is 0.347. The van der Waals surface area contributed by atoms with Crippen molar-refractivity contribution in [3.63, 3.8) is 0 Å². The van der Waals surface area contributed by atoms with Gasteiger partial charge in [0.1, 0.15) is 6.33 Å². The highest BCUT2D eigenvalue weighted by molar-refractivity contribution is 7.80. The monoisotopic (exact) mass is 143 g/mol. The van der Waals surface area contributed by atoms with Gasteiger partial charge in [-0.1, -0.05) is 0 Å². The zero-order valence-corrected chi connectivity index (χ0v) is 6.34. The summed E-state index contributed by atoms with van der Waals surface area (Å²) < 4.78 is 1.75. The normalized spacial score (nSPS) is 10.7. The first-order valence-corrected chi connectivity index (χ1v) is 3.25. The van der Waals surface area contributed by atoms with Crippen LogP contribution in [-0.4, -0.2) is 14.8 Å². The predicted molar refractivity (Wildman–Crippen MR) is 37.7 cm³/mol. The maximum Gasteiger partial charge on any atom is 0.183 e. The molecule has 0 saturated heterocycles. The van der Waals surface area contributed by atoms with Crippen molar-refractivity contribution < 1.29 is 0 Å². The van der Waals surface area contributed by atoms with Gasteiger partial charge in [-0.25, -0.2) is 9.67 Å². The fourth-order valence-corrected chi connectivity index (χ4v) is 0.942. The highest BCUT2D eigenvalue weighted by atomic mass is 32.1. The van der Waals surface area contributed by atoms with Crippen LogP contribution in [0.3, 0.4) is 0 Å². The molecule has 50 valence electrons. The Bertz CT molecular complexity index is 194. The molecule has 4 heteroatoms. The molecule has 0 aliphatic carbocycles. The summed E-state index contributed by atoms with van der Waals surface area (Å²) in [5.74, 6) is 0. The van der Waals surface area contributed by atoms with Crippen LogP contribution in [0.2, 0.25) is 0 Å². The second-order valence-corrected chi connectivity index (χ2v) is 2.50. The number of rotatable bonds is 1. The summed E-state index contributed by atoms with van der Waals surface area (Å²) in [5, 5.41) is 4.62. The quantitative estimate of drug-likeness (QED) is 0.598. The van der Waals surface area contributed by atoms with E-state index in [1.54, 1.807) is 4.68 Å². The van der Waals surface area contributed by atoms with E-state index in [2.05, 4.69) is 22.7 Å². The van der Waals surface area contributed by atoms with Crippen molar-refractivity contribution in [1.82, 2.24) is 14.8 Å². The Labute approximate surface area is 59.5 Å². The topological polar surface area (TPSA) is 30.7 Å². The lowest BCUT2D eigenvalue weighted by atomic mass is 10.4. The molecule has 1 aromatic heterocycles. The predicted octanol–water partition coefficient (Wildman–Crippen LogP) is 1.15. The van der Waals surface area contributed by atoms with Gasteiger partial charge in [-0.15, -0.1) is 12.6 Å². The van der Waals surface area contributed by atoms with Gasteiger partial charge >= 0.3 is 0 Å². The summed E-state index contributed by atoms with van der Waals surface area (Å²) >= 11 is 4.08. The van der Waals surface area contributed by atoms with Gasteiger partial charge in [0, 0.05) is 6.04 Å². The minimum Gasteiger partial charge on any atom is -0.238 e. The second kappa shape index (κ2) is 2.39. The lowest BCUT2D eigenvalue weighted by molar-refractivity contribution is 0.487. The minimum atomic E-state index is 0.347. The lowest BCUT2D eigenvalue weighted by Gasteiger charge is -2.03. The molecule has 0 radical (unpaired) electrons. The third kappa shape index (κ3) is 1.24. The van der Waals surface area contributed by atoms with Crippen molar-refractivity contribution in [2.24, 2.45) is 0 Å². The third-order valence-corrected chi connectivity index (χ3v) is 1.36. The van der Waals surface area contributed by atoms with Crippen LogP contribution in [0.5, 0.6) is 0 Å². The SMILES string of the molecule is CC(C)n1ncnc1S. The molecule has 0 aliphatic heterocycles. The summed E-state index contributed by atoms with van der Waals surface area (Å²) in [6.07, 6.45) is 1.50. The van der Waals surface area contributed by atoms with Crippen molar-refractivity contribution >= 4 is 12.6 Å². The fourth-order valence-electron chi connectivity index (χ4n) is 0.608. The largest absolute Gasteiger partial charge is 0.238 e. The standard InChI is InChI=1S/C5H9N3S/c1-4(2)8-5(9)6-3-7-8/h3-4H,1-2H3,(H,6,7,9). The molecule has 1 rings (SSSR count). The average molecular weight is 143 g/mol. The van der Waals surface area contributed by atoms with Crippen molar-refractivity contribution in [2.75, 3.05) is 0 Å². The van der Waals surface area contributed by atoms with Gasteiger partial charge in [0.05, 0.1) is 0 Å².